The van der Waals surface area contributed by atoms with Crippen LogP contribution in [0.25, 0.3) is 5.57 Å². The first-order valence-corrected chi connectivity index (χ1v) is 22.0. The van der Waals surface area contributed by atoms with Crippen molar-refractivity contribution >= 4 is 53.1 Å². The van der Waals surface area contributed by atoms with Gasteiger partial charge in [0.2, 0.25) is 0 Å². The average molecular weight is 823 g/mol. The van der Waals surface area contributed by atoms with Gasteiger partial charge in [0, 0.05) is 27.3 Å². The fourth-order valence-electron chi connectivity index (χ4n) is 12.9. The fourth-order valence-corrected chi connectivity index (χ4v) is 14.2. The molecule has 2 N–H and O–H groups in total. The number of carbonyl (C=O) groups excluding carboxylic acids is 1. The van der Waals surface area contributed by atoms with Gasteiger partial charge < -0.3 is 15.1 Å². The van der Waals surface area contributed by atoms with Gasteiger partial charge in [-0.2, -0.15) is 0 Å². The summed E-state index contributed by atoms with van der Waals surface area (Å²) in [5.74, 6) is 0.0603. The van der Waals surface area contributed by atoms with E-state index in [9.17, 15) is 19.8 Å². The van der Waals surface area contributed by atoms with Crippen LogP contribution >= 0.6 is 35.8 Å². The number of halogens is 2. The summed E-state index contributed by atoms with van der Waals surface area (Å²) in [6, 6.07) is 14.8. The first-order chi connectivity index (χ1) is 25.7. The molecule has 2 aromatic rings. The molecule has 0 bridgehead atoms. The molecule has 306 valence electrons. The number of aliphatic carboxylic acids is 1. The topological polar surface area (TPSA) is 77.8 Å². The van der Waals surface area contributed by atoms with E-state index in [-0.39, 0.29) is 63.2 Å². The van der Waals surface area contributed by atoms with Gasteiger partial charge in [-0.05, 0) is 171 Å². The van der Waals surface area contributed by atoms with Gasteiger partial charge in [0.25, 0.3) is 0 Å². The summed E-state index contributed by atoms with van der Waals surface area (Å²) in [6.07, 6.45) is 13.3. The van der Waals surface area contributed by atoms with Gasteiger partial charge in [0.05, 0.1) is 11.5 Å². The molecule has 0 saturated heterocycles. The van der Waals surface area contributed by atoms with Crippen LogP contribution in [0.15, 0.2) is 70.0 Å². The standard InChI is InChI=1S/C30H46O4.C18H18ClNS.ClH/c1-25(2)21-8-11-30(7)23(28(21,5)10-9-22(25)32)20(31)16-18-19-17-27(4,24(33)34)13-12-26(19,3)14-15-29(18,30)6;1-20(2)11-5-7-14-15-6-3-4-8-17(15)21-18-10-9-13(19)12-16(14)18;/h16,19,21-23,32H,8-15,17H2,1-7H3,(H,33,34);3-4,6-10,12H,5,11H2,1-2H3;1H. The number of nitrogens with zero attached hydrogens (tertiary/aromatic N) is 1. The van der Waals surface area contributed by atoms with Crippen LogP contribution in [0.2, 0.25) is 5.02 Å². The molecule has 5 aliphatic carbocycles. The Bertz CT molecular complexity index is 1940. The van der Waals surface area contributed by atoms with Crippen molar-refractivity contribution < 1.29 is 19.8 Å². The van der Waals surface area contributed by atoms with E-state index in [1.54, 1.807) is 0 Å². The first kappa shape index (κ1) is 43.5. The monoisotopic (exact) mass is 821 g/mol. The normalized spacial score (nSPS) is 38.5. The summed E-state index contributed by atoms with van der Waals surface area (Å²) >= 11 is 8.03. The van der Waals surface area contributed by atoms with Crippen molar-refractivity contribution in [3.05, 3.63) is 76.3 Å². The highest BCUT2D eigenvalue weighted by Crippen LogP contribution is 2.75. The van der Waals surface area contributed by atoms with E-state index < -0.39 is 11.4 Å². The van der Waals surface area contributed by atoms with Gasteiger partial charge in [-0.25, -0.2) is 0 Å². The lowest BCUT2D eigenvalue weighted by Gasteiger charge is -2.70. The molecule has 6 aliphatic rings. The SMILES string of the molecule is CC1(C(=O)O)CCC2(C)CCC3(C)C(=CC(=O)C4C5(C)CCC(O)C(C)(C)C5CCC43C)C2C1.CN(C)CCC=C1c2ccccc2Sc2ccc(Cl)cc21.Cl. The minimum Gasteiger partial charge on any atom is -0.481 e. The van der Waals surface area contributed by atoms with E-state index in [2.05, 4.69) is 103 Å². The highest BCUT2D eigenvalue weighted by molar-refractivity contribution is 7.99. The smallest absolute Gasteiger partial charge is 0.309 e. The van der Waals surface area contributed by atoms with Gasteiger partial charge in [0.1, 0.15) is 0 Å². The minimum atomic E-state index is -0.711. The molecule has 1 heterocycles. The van der Waals surface area contributed by atoms with Crippen molar-refractivity contribution in [2.45, 2.75) is 129 Å². The third-order valence-electron chi connectivity index (χ3n) is 16.6. The second kappa shape index (κ2) is 15.2. The van der Waals surface area contributed by atoms with Crippen LogP contribution in [-0.4, -0.2) is 53.6 Å². The third kappa shape index (κ3) is 6.87. The number of hydrogen-bond acceptors (Lipinski definition) is 5. The molecule has 0 aromatic heterocycles. The second-order valence-corrected chi connectivity index (χ2v) is 21.9. The number of hydrogen-bond donors (Lipinski definition) is 2. The lowest BCUT2D eigenvalue weighted by atomic mass is 9.33. The molecule has 0 spiro atoms. The van der Waals surface area contributed by atoms with Crippen LogP contribution in [0.5, 0.6) is 0 Å². The highest BCUT2D eigenvalue weighted by Gasteiger charge is 2.70. The van der Waals surface area contributed by atoms with Crippen LogP contribution in [-0.2, 0) is 9.59 Å². The van der Waals surface area contributed by atoms with E-state index in [0.717, 1.165) is 69.4 Å². The molecular formula is C48H65Cl2NO4S. The number of allylic oxidation sites excluding steroid dienone is 2. The van der Waals surface area contributed by atoms with Gasteiger partial charge in [-0.1, -0.05) is 94.8 Å². The maximum atomic E-state index is 14.2. The molecule has 5 nitrogen and oxygen atoms in total. The number of aliphatic hydroxyl groups is 1. The van der Waals surface area contributed by atoms with Crippen LogP contribution in [0.4, 0.5) is 0 Å². The maximum Gasteiger partial charge on any atom is 0.309 e. The Morgan fingerprint density at radius 1 is 0.911 bits per heavy atom. The number of rotatable bonds is 4. The number of aliphatic hydroxyl groups excluding tert-OH is 1. The van der Waals surface area contributed by atoms with E-state index in [1.165, 1.54) is 32.1 Å². The molecule has 4 saturated carbocycles. The predicted molar refractivity (Wildman–Crippen MR) is 233 cm³/mol. The molecule has 56 heavy (non-hydrogen) atoms. The fraction of sp³-hybridized carbons (Fsp3) is 0.625. The van der Waals surface area contributed by atoms with Crippen LogP contribution in [0.1, 0.15) is 124 Å². The molecule has 9 unspecified atom stereocenters. The van der Waals surface area contributed by atoms with E-state index in [1.807, 2.05) is 30.8 Å². The Hall–Kier alpha value is -2.09. The van der Waals surface area contributed by atoms with Crippen LogP contribution in [0, 0.1) is 50.2 Å². The molecule has 9 atom stereocenters. The molecule has 4 fully saturated rings. The van der Waals surface area contributed by atoms with Crippen molar-refractivity contribution in [2.75, 3.05) is 20.6 Å². The average Bonchev–Trinajstić information content (AvgIpc) is 3.11. The van der Waals surface area contributed by atoms with Crippen LogP contribution < -0.4 is 0 Å². The minimum absolute atomic E-state index is 0. The van der Waals surface area contributed by atoms with Crippen molar-refractivity contribution in [1.29, 1.82) is 0 Å². The molecule has 8 heteroatoms. The van der Waals surface area contributed by atoms with Gasteiger partial charge in [0.15, 0.2) is 5.78 Å². The number of ketones is 1. The zero-order valence-electron chi connectivity index (χ0n) is 35.1. The van der Waals surface area contributed by atoms with Gasteiger partial charge >= 0.3 is 5.97 Å². The Labute approximate surface area is 351 Å². The maximum absolute atomic E-state index is 14.2. The van der Waals surface area contributed by atoms with Crippen molar-refractivity contribution in [2.24, 2.45) is 50.2 Å². The zero-order valence-corrected chi connectivity index (χ0v) is 37.5. The molecular weight excluding hydrogens is 758 g/mol. The van der Waals surface area contributed by atoms with Gasteiger partial charge in [-0.3, -0.25) is 9.59 Å². The number of fused-ring (bicyclic) bond motifs is 9. The predicted octanol–water partition coefficient (Wildman–Crippen LogP) is 12.0. The zero-order chi connectivity index (χ0) is 39.9. The summed E-state index contributed by atoms with van der Waals surface area (Å²) in [6.45, 7) is 16.9. The molecule has 0 radical (unpaired) electrons. The largest absolute Gasteiger partial charge is 0.481 e. The summed E-state index contributed by atoms with van der Waals surface area (Å²) in [7, 11) is 4.21. The summed E-state index contributed by atoms with van der Waals surface area (Å²) < 4.78 is 0. The molecule has 2 aromatic carbocycles. The van der Waals surface area contributed by atoms with Gasteiger partial charge in [-0.15, -0.1) is 12.4 Å². The number of benzene rings is 2. The quantitative estimate of drug-likeness (QED) is 0.273. The Morgan fingerprint density at radius 2 is 1.59 bits per heavy atom. The summed E-state index contributed by atoms with van der Waals surface area (Å²) in [5, 5.41) is 21.7. The number of carboxylic acid groups (broad SMARTS) is 1. The van der Waals surface area contributed by atoms with E-state index in [4.69, 9.17) is 11.6 Å². The molecule has 8 rings (SSSR count). The molecule has 1 aliphatic heterocycles. The number of carboxylic acids is 1. The van der Waals surface area contributed by atoms with E-state index >= 15 is 0 Å². The third-order valence-corrected chi connectivity index (χ3v) is 18.0. The van der Waals surface area contributed by atoms with Crippen molar-refractivity contribution in [3.8, 4) is 0 Å². The van der Waals surface area contributed by atoms with Crippen molar-refractivity contribution in [3.63, 3.8) is 0 Å². The first-order valence-electron chi connectivity index (χ1n) is 20.8. The Balaban J connectivity index is 0.000000208. The lowest BCUT2D eigenvalue weighted by Crippen LogP contribution is -2.66. The van der Waals surface area contributed by atoms with Crippen LogP contribution in [0.3, 0.4) is 0 Å². The highest BCUT2D eigenvalue weighted by atomic mass is 35.5. The second-order valence-electron chi connectivity index (χ2n) is 20.4. The lowest BCUT2D eigenvalue weighted by molar-refractivity contribution is -0.202. The van der Waals surface area contributed by atoms with Crippen molar-refractivity contribution in [1.82, 2.24) is 4.90 Å². The molecule has 0 amide bonds. The summed E-state index contributed by atoms with van der Waals surface area (Å²) in [4.78, 5) is 31.2. The summed E-state index contributed by atoms with van der Waals surface area (Å²) in [5.41, 5.74) is 4.02. The Kier molecular flexibility index (Phi) is 11.8. The number of carbonyl (C=O) groups is 2. The van der Waals surface area contributed by atoms with E-state index in [0.29, 0.717) is 12.3 Å². The Morgan fingerprint density at radius 3 is 2.29 bits per heavy atom.